The molecule has 4 nitrogen and oxygen atoms in total. The third-order valence-electron chi connectivity index (χ3n) is 2.56. The fraction of sp³-hybridized carbons (Fsp3) is 0.533. The third-order valence-corrected chi connectivity index (χ3v) is 2.75. The molecule has 0 radical (unpaired) electrons. The van der Waals surface area contributed by atoms with Gasteiger partial charge >= 0.3 is 5.97 Å². The van der Waals surface area contributed by atoms with Crippen molar-refractivity contribution in [3.05, 3.63) is 29.8 Å². The van der Waals surface area contributed by atoms with Crippen molar-refractivity contribution in [1.82, 2.24) is 0 Å². The van der Waals surface area contributed by atoms with Crippen molar-refractivity contribution in [3.63, 3.8) is 0 Å². The summed E-state index contributed by atoms with van der Waals surface area (Å²) in [5.41, 5.74) is 1.01. The summed E-state index contributed by atoms with van der Waals surface area (Å²) >= 11 is 3.32. The molecule has 0 fully saturated rings. The van der Waals surface area contributed by atoms with Crippen molar-refractivity contribution in [2.75, 3.05) is 13.2 Å². The van der Waals surface area contributed by atoms with Gasteiger partial charge in [0.15, 0.2) is 11.1 Å². The van der Waals surface area contributed by atoms with E-state index in [2.05, 4.69) is 15.9 Å². The first kappa shape index (κ1) is 17.0. The normalized spacial score (nSPS) is 13.6. The number of benzene rings is 1. The molecule has 2 unspecified atom stereocenters. The Balaban J connectivity index is 2.66. The Morgan fingerprint density at radius 1 is 1.20 bits per heavy atom. The predicted octanol–water partition coefficient (Wildman–Crippen LogP) is 3.32. The van der Waals surface area contributed by atoms with Gasteiger partial charge in [0.1, 0.15) is 5.75 Å². The Morgan fingerprint density at radius 3 is 2.35 bits per heavy atom. The average molecular weight is 345 g/mol. The lowest BCUT2D eigenvalue weighted by molar-refractivity contribution is -0.156. The summed E-state index contributed by atoms with van der Waals surface area (Å²) in [6, 6.07) is 7.61. The molecule has 112 valence electrons. The van der Waals surface area contributed by atoms with Gasteiger partial charge in [-0.3, -0.25) is 0 Å². The molecule has 5 heteroatoms. The largest absolute Gasteiger partial charge is 0.480 e. The summed E-state index contributed by atoms with van der Waals surface area (Å²) in [5.74, 6) is 0.464. The van der Waals surface area contributed by atoms with Gasteiger partial charge in [0, 0.05) is 13.0 Å². The fourth-order valence-electron chi connectivity index (χ4n) is 1.75. The molecule has 20 heavy (non-hydrogen) atoms. The first-order chi connectivity index (χ1) is 9.56. The van der Waals surface area contributed by atoms with Gasteiger partial charge in [0.2, 0.25) is 0 Å². The zero-order valence-electron chi connectivity index (χ0n) is 12.1. The number of carbonyl (C=O) groups excluding carboxylic acids is 1. The van der Waals surface area contributed by atoms with Crippen LogP contribution >= 0.6 is 15.9 Å². The van der Waals surface area contributed by atoms with Crippen molar-refractivity contribution in [3.8, 4) is 5.75 Å². The van der Waals surface area contributed by atoms with E-state index in [4.69, 9.17) is 14.2 Å². The van der Waals surface area contributed by atoms with Gasteiger partial charge in [0.05, 0.1) is 6.61 Å². The second-order valence-corrected chi connectivity index (χ2v) is 5.49. The maximum atomic E-state index is 11.8. The van der Waals surface area contributed by atoms with E-state index >= 15 is 0 Å². The van der Waals surface area contributed by atoms with Crippen LogP contribution in [0.2, 0.25) is 0 Å². The van der Waals surface area contributed by atoms with Crippen LogP contribution in [0.1, 0.15) is 26.3 Å². The minimum Gasteiger partial charge on any atom is -0.480 e. The molecule has 0 aliphatic carbocycles. The lowest BCUT2D eigenvalue weighted by Gasteiger charge is -2.16. The molecular formula is C15H21BrO4. The van der Waals surface area contributed by atoms with Gasteiger partial charge in [-0.05, 0) is 54.4 Å². The molecule has 0 saturated carbocycles. The van der Waals surface area contributed by atoms with Gasteiger partial charge in [-0.2, -0.15) is 0 Å². The molecule has 0 saturated heterocycles. The number of esters is 1. The van der Waals surface area contributed by atoms with Crippen LogP contribution in [0.15, 0.2) is 24.3 Å². The van der Waals surface area contributed by atoms with E-state index in [1.165, 1.54) is 0 Å². The highest BCUT2D eigenvalue weighted by Gasteiger charge is 2.20. The van der Waals surface area contributed by atoms with Crippen molar-refractivity contribution >= 4 is 21.9 Å². The summed E-state index contributed by atoms with van der Waals surface area (Å²) in [6.45, 7) is 6.39. The maximum absolute atomic E-state index is 11.8. The molecule has 0 N–H and O–H groups in total. The molecule has 0 aromatic heterocycles. The van der Waals surface area contributed by atoms with Gasteiger partial charge < -0.3 is 14.2 Å². The first-order valence-electron chi connectivity index (χ1n) is 6.74. The quantitative estimate of drug-likeness (QED) is 0.536. The monoisotopic (exact) mass is 344 g/mol. The highest BCUT2D eigenvalue weighted by atomic mass is 79.9. The summed E-state index contributed by atoms with van der Waals surface area (Å²) in [7, 11) is 0. The molecule has 1 rings (SSSR count). The van der Waals surface area contributed by atoms with Gasteiger partial charge in [-0.25, -0.2) is 4.79 Å². The topological polar surface area (TPSA) is 44.8 Å². The van der Waals surface area contributed by atoms with Crippen LogP contribution in [-0.4, -0.2) is 30.3 Å². The number of halogens is 1. The Morgan fingerprint density at radius 2 is 1.85 bits per heavy atom. The molecule has 1 aromatic rings. The minimum absolute atomic E-state index is 0.0379. The Labute approximate surface area is 128 Å². The average Bonchev–Trinajstić information content (AvgIpc) is 2.40. The van der Waals surface area contributed by atoms with Crippen LogP contribution in [0.4, 0.5) is 0 Å². The minimum atomic E-state index is -0.554. The van der Waals surface area contributed by atoms with Gasteiger partial charge in [0.25, 0.3) is 0 Å². The highest BCUT2D eigenvalue weighted by molar-refractivity contribution is 9.09. The van der Waals surface area contributed by atoms with Crippen molar-refractivity contribution in [2.24, 2.45) is 0 Å². The highest BCUT2D eigenvalue weighted by Crippen LogP contribution is 2.17. The second kappa shape index (κ2) is 8.97. The second-order valence-electron chi connectivity index (χ2n) is 4.20. The van der Waals surface area contributed by atoms with E-state index in [0.29, 0.717) is 19.6 Å². The lowest BCUT2D eigenvalue weighted by atomic mass is 10.1. The molecule has 0 bridgehead atoms. The van der Waals surface area contributed by atoms with Gasteiger partial charge in [-0.15, -0.1) is 0 Å². The number of ether oxygens (including phenoxy) is 3. The number of alkyl halides is 1. The van der Waals surface area contributed by atoms with E-state index in [-0.39, 0.29) is 11.0 Å². The number of rotatable bonds is 8. The van der Waals surface area contributed by atoms with Crippen LogP contribution in [-0.2, 0) is 20.7 Å². The van der Waals surface area contributed by atoms with E-state index in [9.17, 15) is 4.79 Å². The number of hydrogen-bond acceptors (Lipinski definition) is 4. The van der Waals surface area contributed by atoms with Crippen molar-refractivity contribution in [1.29, 1.82) is 0 Å². The molecule has 0 aliphatic heterocycles. The Bertz CT molecular complexity index is 403. The van der Waals surface area contributed by atoms with E-state index < -0.39 is 6.10 Å². The standard InChI is InChI=1S/C15H21BrO4/c1-4-18-14(15(17)19-5-2)10-12-6-8-13(9-7-12)20-11(3)16/h6-9,11,14H,4-5,10H2,1-3H3. The SMILES string of the molecule is CCOC(=O)C(Cc1ccc(OC(C)Br)cc1)OCC. The van der Waals surface area contributed by atoms with Crippen LogP contribution in [0.3, 0.4) is 0 Å². The summed E-state index contributed by atoms with van der Waals surface area (Å²) in [5, 5.41) is -0.0379. The molecule has 0 heterocycles. The predicted molar refractivity (Wildman–Crippen MR) is 81.2 cm³/mol. The Kier molecular flexibility index (Phi) is 7.62. The number of hydrogen-bond donors (Lipinski definition) is 0. The Hall–Kier alpha value is -1.07. The smallest absolute Gasteiger partial charge is 0.335 e. The number of carbonyl (C=O) groups is 1. The molecular weight excluding hydrogens is 324 g/mol. The van der Waals surface area contributed by atoms with Crippen LogP contribution in [0.5, 0.6) is 5.75 Å². The lowest BCUT2D eigenvalue weighted by Crippen LogP contribution is -2.28. The van der Waals surface area contributed by atoms with Crippen LogP contribution < -0.4 is 4.74 Å². The molecule has 2 atom stereocenters. The summed E-state index contributed by atoms with van der Waals surface area (Å²) < 4.78 is 16.0. The van der Waals surface area contributed by atoms with Gasteiger partial charge in [-0.1, -0.05) is 12.1 Å². The molecule has 0 spiro atoms. The van der Waals surface area contributed by atoms with Crippen LogP contribution in [0.25, 0.3) is 0 Å². The zero-order valence-corrected chi connectivity index (χ0v) is 13.7. The summed E-state index contributed by atoms with van der Waals surface area (Å²) in [6.07, 6.45) is -0.0570. The van der Waals surface area contributed by atoms with E-state index in [1.54, 1.807) is 6.92 Å². The first-order valence-corrected chi connectivity index (χ1v) is 7.66. The molecule has 0 amide bonds. The molecule has 0 aliphatic rings. The summed E-state index contributed by atoms with van der Waals surface area (Å²) in [4.78, 5) is 11.8. The maximum Gasteiger partial charge on any atom is 0.335 e. The molecule has 1 aromatic carbocycles. The fourth-order valence-corrected chi connectivity index (χ4v) is 1.97. The van der Waals surface area contributed by atoms with Crippen molar-refractivity contribution < 1.29 is 19.0 Å². The third kappa shape index (κ3) is 5.92. The van der Waals surface area contributed by atoms with E-state index in [0.717, 1.165) is 11.3 Å². The zero-order chi connectivity index (χ0) is 15.0. The van der Waals surface area contributed by atoms with Crippen molar-refractivity contribution in [2.45, 2.75) is 38.3 Å². The van der Waals surface area contributed by atoms with E-state index in [1.807, 2.05) is 38.1 Å². The van der Waals surface area contributed by atoms with Crippen LogP contribution in [0, 0.1) is 0 Å².